The third-order valence-electron chi connectivity index (χ3n) is 5.22. The molecule has 0 spiro atoms. The van der Waals surface area contributed by atoms with Gasteiger partial charge in [0.1, 0.15) is 11.3 Å². The summed E-state index contributed by atoms with van der Waals surface area (Å²) in [7, 11) is 0. The number of benzene rings is 1. The van der Waals surface area contributed by atoms with E-state index in [4.69, 9.17) is 0 Å². The second-order valence-electron chi connectivity index (χ2n) is 7.48. The first kappa shape index (κ1) is 19.4. The number of hydrogen-bond donors (Lipinski definition) is 1. The molecule has 1 amide bonds. The van der Waals surface area contributed by atoms with Gasteiger partial charge in [-0.25, -0.2) is 9.50 Å². The Labute approximate surface area is 166 Å². The zero-order valence-electron chi connectivity index (χ0n) is 16.1. The van der Waals surface area contributed by atoms with Crippen molar-refractivity contribution in [2.24, 2.45) is 0 Å². The minimum atomic E-state index is -4.58. The fourth-order valence-corrected chi connectivity index (χ4v) is 3.39. The fourth-order valence-electron chi connectivity index (χ4n) is 3.39. The van der Waals surface area contributed by atoms with Crippen molar-refractivity contribution in [2.75, 3.05) is 0 Å². The number of nitrogens with zero attached hydrogens (tertiary/aromatic N) is 3. The molecule has 1 aliphatic carbocycles. The van der Waals surface area contributed by atoms with Crippen LogP contribution in [0, 0.1) is 6.92 Å². The van der Waals surface area contributed by atoms with Crippen LogP contribution >= 0.6 is 0 Å². The highest BCUT2D eigenvalue weighted by Crippen LogP contribution is 2.41. The Morgan fingerprint density at radius 1 is 1.28 bits per heavy atom. The molecule has 152 valence electrons. The molecule has 1 aliphatic rings. The Morgan fingerprint density at radius 3 is 2.55 bits per heavy atom. The van der Waals surface area contributed by atoms with Gasteiger partial charge in [-0.2, -0.15) is 18.3 Å². The molecule has 2 heterocycles. The van der Waals surface area contributed by atoms with Gasteiger partial charge in [0.05, 0.1) is 12.2 Å². The molecule has 2 aromatic heterocycles. The van der Waals surface area contributed by atoms with Gasteiger partial charge in [0.25, 0.3) is 5.91 Å². The molecule has 4 rings (SSSR count). The van der Waals surface area contributed by atoms with Crippen molar-refractivity contribution in [3.05, 3.63) is 64.6 Å². The summed E-state index contributed by atoms with van der Waals surface area (Å²) >= 11 is 0. The van der Waals surface area contributed by atoms with E-state index in [0.29, 0.717) is 16.6 Å². The van der Waals surface area contributed by atoms with Crippen LogP contribution in [-0.2, 0) is 6.18 Å². The highest BCUT2D eigenvalue weighted by atomic mass is 19.4. The van der Waals surface area contributed by atoms with Gasteiger partial charge in [-0.3, -0.25) is 4.79 Å². The topological polar surface area (TPSA) is 59.3 Å². The first-order chi connectivity index (χ1) is 13.8. The summed E-state index contributed by atoms with van der Waals surface area (Å²) < 4.78 is 41.3. The van der Waals surface area contributed by atoms with Crippen LogP contribution in [0.1, 0.15) is 71.0 Å². The molecule has 1 aromatic carbocycles. The van der Waals surface area contributed by atoms with Crippen LogP contribution < -0.4 is 5.32 Å². The van der Waals surface area contributed by atoms with E-state index in [-0.39, 0.29) is 23.2 Å². The molecule has 5 nitrogen and oxygen atoms in total. The molecular weight excluding hydrogens is 381 g/mol. The van der Waals surface area contributed by atoms with Crippen LogP contribution in [0.4, 0.5) is 13.2 Å². The highest BCUT2D eigenvalue weighted by Gasteiger charge is 2.38. The summed E-state index contributed by atoms with van der Waals surface area (Å²) in [5, 5.41) is 6.72. The molecule has 1 fully saturated rings. The minimum Gasteiger partial charge on any atom is -0.345 e. The highest BCUT2D eigenvalue weighted by molar-refractivity contribution is 5.99. The predicted octanol–water partition coefficient (Wildman–Crippen LogP) is 4.82. The van der Waals surface area contributed by atoms with E-state index in [2.05, 4.69) is 15.4 Å². The second kappa shape index (κ2) is 7.17. The van der Waals surface area contributed by atoms with Crippen LogP contribution in [0.15, 0.2) is 36.5 Å². The Morgan fingerprint density at radius 2 is 1.97 bits per heavy atom. The number of hydrogen-bond acceptors (Lipinski definition) is 3. The Balaban J connectivity index is 1.70. The Hall–Kier alpha value is -2.90. The van der Waals surface area contributed by atoms with E-state index < -0.39 is 17.8 Å². The summed E-state index contributed by atoms with van der Waals surface area (Å²) in [4.78, 5) is 17.3. The predicted molar refractivity (Wildman–Crippen MR) is 102 cm³/mol. The van der Waals surface area contributed by atoms with Crippen LogP contribution in [0.3, 0.4) is 0 Å². The van der Waals surface area contributed by atoms with Crippen molar-refractivity contribution in [2.45, 2.75) is 51.2 Å². The largest absolute Gasteiger partial charge is 0.433 e. The Bertz CT molecular complexity index is 1050. The van der Waals surface area contributed by atoms with Crippen LogP contribution in [0.5, 0.6) is 0 Å². The number of nitrogens with one attached hydrogen (secondary N) is 1. The number of aromatic nitrogens is 3. The molecule has 0 saturated heterocycles. The van der Waals surface area contributed by atoms with Gasteiger partial charge in [0, 0.05) is 11.6 Å². The summed E-state index contributed by atoms with van der Waals surface area (Å²) in [5.41, 5.74) is 1.49. The normalized spacial score (nSPS) is 15.5. The van der Waals surface area contributed by atoms with Crippen LogP contribution in [-0.4, -0.2) is 20.5 Å². The summed E-state index contributed by atoms with van der Waals surface area (Å²) in [5.74, 6) is -0.469. The van der Waals surface area contributed by atoms with Crippen molar-refractivity contribution >= 4 is 11.6 Å². The van der Waals surface area contributed by atoms with Gasteiger partial charge in [-0.15, -0.1) is 0 Å². The Kier molecular flexibility index (Phi) is 4.80. The first-order valence-corrected chi connectivity index (χ1v) is 9.61. The van der Waals surface area contributed by atoms with Gasteiger partial charge < -0.3 is 5.32 Å². The van der Waals surface area contributed by atoms with E-state index in [1.165, 1.54) is 0 Å². The summed E-state index contributed by atoms with van der Waals surface area (Å²) in [6, 6.07) is 8.57. The number of rotatable bonds is 5. The van der Waals surface area contributed by atoms with Crippen LogP contribution in [0.25, 0.3) is 5.65 Å². The second-order valence-corrected chi connectivity index (χ2v) is 7.48. The van der Waals surface area contributed by atoms with Gasteiger partial charge in [0.2, 0.25) is 0 Å². The smallest absolute Gasteiger partial charge is 0.345 e. The number of alkyl halides is 3. The molecule has 0 bridgehead atoms. The van der Waals surface area contributed by atoms with Crippen molar-refractivity contribution < 1.29 is 18.0 Å². The van der Waals surface area contributed by atoms with E-state index in [1.54, 1.807) is 0 Å². The maximum atomic E-state index is 13.5. The number of carbonyl (C=O) groups excluding carboxylic acids is 1. The number of aryl methyl sites for hydroxylation is 1. The summed E-state index contributed by atoms with van der Waals surface area (Å²) in [6.07, 6.45) is -1.17. The summed E-state index contributed by atoms with van der Waals surface area (Å²) in [6.45, 7) is 3.91. The lowest BCUT2D eigenvalue weighted by Crippen LogP contribution is -2.28. The molecule has 29 heavy (non-hydrogen) atoms. The van der Waals surface area contributed by atoms with Crippen molar-refractivity contribution in [1.29, 1.82) is 0 Å². The van der Waals surface area contributed by atoms with Gasteiger partial charge in [0.15, 0.2) is 5.65 Å². The molecule has 1 N–H and O–H groups in total. The number of fused-ring (bicyclic) bond motifs is 1. The number of halogens is 3. The van der Waals surface area contributed by atoms with Crippen LogP contribution in [0.2, 0.25) is 0 Å². The molecule has 3 aromatic rings. The van der Waals surface area contributed by atoms with Crippen molar-refractivity contribution in [3.63, 3.8) is 0 Å². The van der Waals surface area contributed by atoms with E-state index in [0.717, 1.165) is 36.2 Å². The number of amides is 1. The third-order valence-corrected chi connectivity index (χ3v) is 5.22. The zero-order valence-corrected chi connectivity index (χ0v) is 16.1. The lowest BCUT2D eigenvalue weighted by molar-refractivity contribution is -0.142. The minimum absolute atomic E-state index is 0.0165. The standard InChI is InChI=1S/C21H21F3N4O/c1-3-16(13-6-4-12(2)5-7-13)27-20(29)15-11-25-28-18(21(22,23)24)10-17(14-8-9-14)26-19(15)28/h4-7,10-11,14,16H,3,8-9H2,1-2H3,(H,27,29). The lowest BCUT2D eigenvalue weighted by atomic mass is 10.0. The molecule has 8 heteroatoms. The van der Waals surface area contributed by atoms with E-state index in [1.807, 2.05) is 38.1 Å². The maximum absolute atomic E-state index is 13.5. The zero-order chi connectivity index (χ0) is 20.8. The average molecular weight is 402 g/mol. The van der Waals surface area contributed by atoms with E-state index in [9.17, 15) is 18.0 Å². The first-order valence-electron chi connectivity index (χ1n) is 9.61. The van der Waals surface area contributed by atoms with E-state index >= 15 is 0 Å². The maximum Gasteiger partial charge on any atom is 0.433 e. The molecule has 0 aliphatic heterocycles. The van der Waals surface area contributed by atoms with Crippen molar-refractivity contribution in [3.8, 4) is 0 Å². The molecule has 0 radical (unpaired) electrons. The SMILES string of the molecule is CCC(NC(=O)c1cnn2c(C(F)(F)F)cc(C3CC3)nc12)c1ccc(C)cc1. The van der Waals surface area contributed by atoms with Gasteiger partial charge in [-0.1, -0.05) is 36.8 Å². The monoisotopic (exact) mass is 402 g/mol. The van der Waals surface area contributed by atoms with Gasteiger partial charge >= 0.3 is 6.18 Å². The number of carbonyl (C=O) groups is 1. The molecule has 1 unspecified atom stereocenters. The molecule has 1 saturated carbocycles. The molecule has 1 atom stereocenters. The van der Waals surface area contributed by atoms with Crippen molar-refractivity contribution in [1.82, 2.24) is 19.9 Å². The third kappa shape index (κ3) is 3.83. The quantitative estimate of drug-likeness (QED) is 0.666. The lowest BCUT2D eigenvalue weighted by Gasteiger charge is -2.17. The molecular formula is C21H21F3N4O. The fraction of sp³-hybridized carbons (Fsp3) is 0.381. The average Bonchev–Trinajstić information content (AvgIpc) is 3.44. The van der Waals surface area contributed by atoms with Gasteiger partial charge in [-0.05, 0) is 37.8 Å².